The third-order valence-corrected chi connectivity index (χ3v) is 2.53. The van der Waals surface area contributed by atoms with Crippen LogP contribution in [0.4, 0.5) is 0 Å². The van der Waals surface area contributed by atoms with Crippen LogP contribution in [0.15, 0.2) is 0 Å². The minimum Gasteiger partial charge on any atom is -0.396 e. The molecule has 0 aromatic heterocycles. The molecule has 0 aliphatic heterocycles. The summed E-state index contributed by atoms with van der Waals surface area (Å²) in [5.74, 6) is 1.59. The predicted molar refractivity (Wildman–Crippen MR) is 56.7 cm³/mol. The van der Waals surface area contributed by atoms with E-state index in [0.29, 0.717) is 12.0 Å². The van der Waals surface area contributed by atoms with Crippen LogP contribution in [-0.4, -0.2) is 36.3 Å². The van der Waals surface area contributed by atoms with E-state index in [2.05, 4.69) is 18.5 Å². The molecule has 0 bridgehead atoms. The molecule has 0 saturated heterocycles. The summed E-state index contributed by atoms with van der Waals surface area (Å²) in [5, 5.41) is 12.2. The Kier molecular flexibility index (Phi) is 8.07. The van der Waals surface area contributed by atoms with E-state index in [9.17, 15) is 0 Å². The molecule has 0 amide bonds. The van der Waals surface area contributed by atoms with E-state index < -0.39 is 0 Å². The lowest BCUT2D eigenvalue weighted by Crippen LogP contribution is -2.31. The van der Waals surface area contributed by atoms with Crippen molar-refractivity contribution in [1.29, 1.82) is 0 Å². The monoisotopic (exact) mass is 191 g/mol. The molecule has 0 radical (unpaired) electrons. The van der Waals surface area contributed by atoms with E-state index in [4.69, 9.17) is 5.11 Å². The van der Waals surface area contributed by atoms with E-state index in [1.54, 1.807) is 0 Å². The number of rotatable bonds is 7. The van der Waals surface area contributed by atoms with Gasteiger partial charge in [-0.25, -0.2) is 0 Å². The molecule has 0 aromatic carbocycles. The first-order chi connectivity index (χ1) is 5.70. The van der Waals surface area contributed by atoms with E-state index in [1.165, 1.54) is 12.2 Å². The highest BCUT2D eigenvalue weighted by Gasteiger charge is 2.03. The summed E-state index contributed by atoms with van der Waals surface area (Å²) >= 11 is 1.88. The van der Waals surface area contributed by atoms with Gasteiger partial charge in [-0.15, -0.1) is 0 Å². The lowest BCUT2D eigenvalue weighted by atomic mass is 10.2. The summed E-state index contributed by atoms with van der Waals surface area (Å²) in [5.41, 5.74) is 0. The van der Waals surface area contributed by atoms with Crippen molar-refractivity contribution in [1.82, 2.24) is 5.32 Å². The number of aliphatic hydroxyl groups excluding tert-OH is 1. The van der Waals surface area contributed by atoms with Gasteiger partial charge in [0.15, 0.2) is 0 Å². The molecule has 0 aliphatic rings. The van der Waals surface area contributed by atoms with E-state index in [-0.39, 0.29) is 6.61 Å². The van der Waals surface area contributed by atoms with E-state index in [1.807, 2.05) is 18.7 Å². The van der Waals surface area contributed by atoms with Crippen molar-refractivity contribution < 1.29 is 5.11 Å². The van der Waals surface area contributed by atoms with Crippen LogP contribution in [0.5, 0.6) is 0 Å². The lowest BCUT2D eigenvalue weighted by Gasteiger charge is -2.15. The van der Waals surface area contributed by atoms with Crippen molar-refractivity contribution in [3.05, 3.63) is 0 Å². The number of aliphatic hydroxyl groups is 1. The quantitative estimate of drug-likeness (QED) is 0.637. The van der Waals surface area contributed by atoms with Crippen LogP contribution in [0.2, 0.25) is 0 Å². The molecule has 2 nitrogen and oxygen atoms in total. The topological polar surface area (TPSA) is 32.3 Å². The second-order valence-corrected chi connectivity index (χ2v) is 4.36. The molecular weight excluding hydrogens is 170 g/mol. The van der Waals surface area contributed by atoms with Gasteiger partial charge in [0.2, 0.25) is 0 Å². The molecule has 0 aliphatic carbocycles. The van der Waals surface area contributed by atoms with Gasteiger partial charge < -0.3 is 10.4 Å². The Bertz CT molecular complexity index is 101. The average molecular weight is 191 g/mol. The fourth-order valence-corrected chi connectivity index (χ4v) is 1.45. The van der Waals surface area contributed by atoms with Crippen molar-refractivity contribution in [3.8, 4) is 0 Å². The van der Waals surface area contributed by atoms with Crippen molar-refractivity contribution in [2.75, 3.05) is 25.2 Å². The maximum absolute atomic E-state index is 8.78. The van der Waals surface area contributed by atoms with Crippen molar-refractivity contribution in [2.45, 2.75) is 26.3 Å². The second kappa shape index (κ2) is 7.90. The molecule has 12 heavy (non-hydrogen) atoms. The summed E-state index contributed by atoms with van der Waals surface area (Å²) in [4.78, 5) is 0. The van der Waals surface area contributed by atoms with Crippen molar-refractivity contribution in [2.24, 2.45) is 5.92 Å². The Labute approximate surface area is 80.1 Å². The minimum atomic E-state index is 0.280. The summed E-state index contributed by atoms with van der Waals surface area (Å²) in [7, 11) is 0. The van der Waals surface area contributed by atoms with Crippen LogP contribution in [0, 0.1) is 5.92 Å². The van der Waals surface area contributed by atoms with Gasteiger partial charge in [-0.1, -0.05) is 6.92 Å². The molecule has 2 atom stereocenters. The number of nitrogens with one attached hydrogen (secondary N) is 1. The highest BCUT2D eigenvalue weighted by molar-refractivity contribution is 7.98. The Morgan fingerprint density at radius 1 is 1.42 bits per heavy atom. The van der Waals surface area contributed by atoms with Crippen LogP contribution < -0.4 is 5.32 Å². The maximum atomic E-state index is 8.78. The predicted octanol–water partition coefficient (Wildman–Crippen LogP) is 1.35. The lowest BCUT2D eigenvalue weighted by molar-refractivity contribution is 0.230. The first kappa shape index (κ1) is 12.3. The number of hydrogen-bond donors (Lipinski definition) is 2. The van der Waals surface area contributed by atoms with E-state index >= 15 is 0 Å². The van der Waals surface area contributed by atoms with Gasteiger partial charge >= 0.3 is 0 Å². The summed E-state index contributed by atoms with van der Waals surface area (Å²) < 4.78 is 0. The largest absolute Gasteiger partial charge is 0.396 e. The Morgan fingerprint density at radius 2 is 2.08 bits per heavy atom. The number of hydrogen-bond acceptors (Lipinski definition) is 3. The summed E-state index contributed by atoms with van der Waals surface area (Å²) in [6, 6.07) is 0.575. The molecular formula is C9H21NOS. The average Bonchev–Trinajstić information content (AvgIpc) is 2.10. The number of thioether (sulfide) groups is 1. The SMILES string of the molecule is CSCCC(C)NCC(C)CO. The molecule has 2 unspecified atom stereocenters. The second-order valence-electron chi connectivity index (χ2n) is 3.38. The zero-order valence-corrected chi connectivity index (χ0v) is 9.16. The van der Waals surface area contributed by atoms with Crippen LogP contribution in [0.1, 0.15) is 20.3 Å². The molecule has 0 fully saturated rings. The van der Waals surface area contributed by atoms with Crippen LogP contribution in [-0.2, 0) is 0 Å². The first-order valence-corrected chi connectivity index (χ1v) is 5.93. The first-order valence-electron chi connectivity index (χ1n) is 4.53. The molecule has 74 valence electrons. The molecule has 2 N–H and O–H groups in total. The van der Waals surface area contributed by atoms with Crippen LogP contribution in [0.3, 0.4) is 0 Å². The molecule has 0 aromatic rings. The van der Waals surface area contributed by atoms with Gasteiger partial charge in [0, 0.05) is 19.2 Å². The Balaban J connectivity index is 3.24. The molecule has 3 heteroatoms. The van der Waals surface area contributed by atoms with Crippen molar-refractivity contribution >= 4 is 11.8 Å². The van der Waals surface area contributed by atoms with Crippen LogP contribution >= 0.6 is 11.8 Å². The Morgan fingerprint density at radius 3 is 2.58 bits per heavy atom. The minimum absolute atomic E-state index is 0.280. The van der Waals surface area contributed by atoms with Gasteiger partial charge in [0.25, 0.3) is 0 Å². The zero-order chi connectivity index (χ0) is 9.40. The summed E-state index contributed by atoms with van der Waals surface area (Å²) in [6.45, 7) is 5.45. The van der Waals surface area contributed by atoms with Gasteiger partial charge in [0.1, 0.15) is 0 Å². The third kappa shape index (κ3) is 6.95. The normalized spacial score (nSPS) is 16.0. The highest BCUT2D eigenvalue weighted by atomic mass is 32.2. The van der Waals surface area contributed by atoms with Gasteiger partial charge in [0.05, 0.1) is 0 Å². The molecule has 0 saturated carbocycles. The fourth-order valence-electron chi connectivity index (χ4n) is 0.864. The van der Waals surface area contributed by atoms with Crippen LogP contribution in [0.25, 0.3) is 0 Å². The summed E-state index contributed by atoms with van der Waals surface area (Å²) in [6.07, 6.45) is 3.34. The van der Waals surface area contributed by atoms with Gasteiger partial charge in [-0.05, 0) is 31.3 Å². The highest BCUT2D eigenvalue weighted by Crippen LogP contribution is 2.00. The Hall–Kier alpha value is 0.270. The molecule has 0 rings (SSSR count). The zero-order valence-electron chi connectivity index (χ0n) is 8.34. The fraction of sp³-hybridized carbons (Fsp3) is 1.00. The molecule has 0 heterocycles. The van der Waals surface area contributed by atoms with Gasteiger partial charge in [-0.3, -0.25) is 0 Å². The maximum Gasteiger partial charge on any atom is 0.0468 e. The standard InChI is InChI=1S/C9H21NOS/c1-8(7-11)6-10-9(2)4-5-12-3/h8-11H,4-7H2,1-3H3. The van der Waals surface area contributed by atoms with E-state index in [0.717, 1.165) is 6.54 Å². The molecule has 0 spiro atoms. The third-order valence-electron chi connectivity index (χ3n) is 1.88. The van der Waals surface area contributed by atoms with Gasteiger partial charge in [-0.2, -0.15) is 11.8 Å². The van der Waals surface area contributed by atoms with Crippen molar-refractivity contribution in [3.63, 3.8) is 0 Å². The smallest absolute Gasteiger partial charge is 0.0468 e.